The van der Waals surface area contributed by atoms with Crippen molar-refractivity contribution in [3.05, 3.63) is 0 Å². The van der Waals surface area contributed by atoms with Gasteiger partial charge in [0.15, 0.2) is 5.82 Å². The van der Waals surface area contributed by atoms with Gasteiger partial charge in [0.1, 0.15) is 5.00 Å². The van der Waals surface area contributed by atoms with Crippen molar-refractivity contribution < 1.29 is 13.2 Å². The van der Waals surface area contributed by atoms with Crippen LogP contribution in [0, 0.1) is 0 Å². The smallest absolute Gasteiger partial charge is 0.382 e. The maximum absolute atomic E-state index is 11.8. The fourth-order valence-corrected chi connectivity index (χ4v) is 2.94. The van der Waals surface area contributed by atoms with Crippen LogP contribution in [0.2, 0.25) is 0 Å². The Kier molecular flexibility index (Phi) is 5.06. The molecule has 0 spiro atoms. The summed E-state index contributed by atoms with van der Waals surface area (Å²) in [5.74, 6) is 0.387. The Morgan fingerprint density at radius 1 is 1.50 bits per heavy atom. The van der Waals surface area contributed by atoms with Gasteiger partial charge in [-0.05, 0) is 29.6 Å². The molecule has 0 aliphatic heterocycles. The molecule has 0 saturated heterocycles. The monoisotopic (exact) mass is 289 g/mol. The molecule has 0 aromatic carbocycles. The molecule has 0 fully saturated rings. The lowest BCUT2D eigenvalue weighted by molar-refractivity contribution is -0.0327. The fraction of sp³-hybridized carbons (Fsp3) is 0.571. The Hall–Kier alpha value is -0.280. The summed E-state index contributed by atoms with van der Waals surface area (Å²) in [6.07, 6.45) is 1.84. The average Bonchev–Trinajstić information content (AvgIpc) is 2.52. The predicted octanol–water partition coefficient (Wildman–Crippen LogP) is 3.11. The molecule has 0 radical (unpaired) electrons. The minimum Gasteiger partial charge on any atom is -0.382 e. The van der Waals surface area contributed by atoms with Crippen molar-refractivity contribution in [3.63, 3.8) is 0 Å². The van der Waals surface area contributed by atoms with E-state index in [9.17, 15) is 13.2 Å². The van der Waals surface area contributed by atoms with Crippen LogP contribution in [0.25, 0.3) is 0 Å². The molecule has 0 unspecified atom stereocenters. The van der Waals surface area contributed by atoms with E-state index in [1.54, 1.807) is 0 Å². The number of hydrogen-bond acceptors (Lipinski definition) is 6. The highest BCUT2D eigenvalue weighted by atomic mass is 32.2. The number of halogens is 3. The van der Waals surface area contributed by atoms with Crippen molar-refractivity contribution in [3.8, 4) is 0 Å². The standard InChI is InChI=1S/C7H10F3N3S3/c1-14-4-5(11)13-16-6(4)12-2-3-15-7(8,9)10/h12H,2-3H2,1H3,(H2,11,13). The van der Waals surface area contributed by atoms with Gasteiger partial charge >= 0.3 is 5.51 Å². The normalized spacial score (nSPS) is 11.8. The Morgan fingerprint density at radius 3 is 2.75 bits per heavy atom. The van der Waals surface area contributed by atoms with Crippen molar-refractivity contribution in [2.24, 2.45) is 0 Å². The zero-order valence-electron chi connectivity index (χ0n) is 8.30. The second-order valence-electron chi connectivity index (χ2n) is 2.65. The second-order valence-corrected chi connectivity index (χ2v) is 5.40. The number of rotatable bonds is 5. The van der Waals surface area contributed by atoms with Crippen LogP contribution in [-0.4, -0.2) is 28.4 Å². The van der Waals surface area contributed by atoms with Gasteiger partial charge in [-0.15, -0.1) is 11.8 Å². The van der Waals surface area contributed by atoms with Gasteiger partial charge in [0, 0.05) is 12.3 Å². The summed E-state index contributed by atoms with van der Waals surface area (Å²) in [5.41, 5.74) is 1.41. The Labute approximate surface area is 104 Å². The number of hydrogen-bond donors (Lipinski definition) is 2. The molecule has 1 aromatic heterocycles. The summed E-state index contributed by atoms with van der Waals surface area (Å²) in [5, 5.41) is 3.62. The minimum absolute atomic E-state index is 0.0326. The molecular weight excluding hydrogens is 279 g/mol. The molecule has 3 N–H and O–H groups in total. The molecule has 9 heteroatoms. The first-order valence-electron chi connectivity index (χ1n) is 4.17. The highest BCUT2D eigenvalue weighted by Gasteiger charge is 2.27. The quantitative estimate of drug-likeness (QED) is 0.644. The van der Waals surface area contributed by atoms with E-state index in [0.717, 1.165) is 21.4 Å². The lowest BCUT2D eigenvalue weighted by atomic mass is 10.6. The lowest BCUT2D eigenvalue weighted by Gasteiger charge is -2.07. The molecule has 16 heavy (non-hydrogen) atoms. The average molecular weight is 289 g/mol. The summed E-state index contributed by atoms with van der Waals surface area (Å²) >= 11 is 2.54. The van der Waals surface area contributed by atoms with Gasteiger partial charge in [-0.2, -0.15) is 17.5 Å². The van der Waals surface area contributed by atoms with Crippen molar-refractivity contribution in [2.45, 2.75) is 10.4 Å². The first kappa shape index (κ1) is 13.8. The number of aromatic nitrogens is 1. The van der Waals surface area contributed by atoms with Crippen LogP contribution in [0.15, 0.2) is 4.90 Å². The first-order chi connectivity index (χ1) is 7.44. The van der Waals surface area contributed by atoms with E-state index in [4.69, 9.17) is 5.73 Å². The van der Waals surface area contributed by atoms with Crippen molar-refractivity contribution in [2.75, 3.05) is 29.6 Å². The van der Waals surface area contributed by atoms with E-state index in [-0.39, 0.29) is 24.1 Å². The third kappa shape index (κ3) is 4.30. The molecule has 92 valence electrons. The molecule has 0 atom stereocenters. The number of thioether (sulfide) groups is 2. The molecule has 0 bridgehead atoms. The molecule has 0 aliphatic carbocycles. The number of anilines is 2. The van der Waals surface area contributed by atoms with Gasteiger partial charge in [-0.25, -0.2) is 0 Å². The van der Waals surface area contributed by atoms with Gasteiger partial charge in [0.05, 0.1) is 4.90 Å². The van der Waals surface area contributed by atoms with E-state index < -0.39 is 5.51 Å². The van der Waals surface area contributed by atoms with Gasteiger partial charge in [-0.3, -0.25) is 0 Å². The molecule has 0 amide bonds. The fourth-order valence-electron chi connectivity index (χ4n) is 0.935. The molecule has 0 saturated carbocycles. The summed E-state index contributed by atoms with van der Waals surface area (Å²) in [6.45, 7) is 0.235. The lowest BCUT2D eigenvalue weighted by Crippen LogP contribution is -2.09. The van der Waals surface area contributed by atoms with E-state index in [2.05, 4.69) is 9.69 Å². The maximum Gasteiger partial charge on any atom is 0.441 e. The summed E-state index contributed by atoms with van der Waals surface area (Å²) in [7, 11) is 0. The van der Waals surface area contributed by atoms with Crippen LogP contribution < -0.4 is 11.1 Å². The second kappa shape index (κ2) is 5.87. The van der Waals surface area contributed by atoms with Crippen LogP contribution >= 0.6 is 35.1 Å². The highest BCUT2D eigenvalue weighted by Crippen LogP contribution is 2.35. The van der Waals surface area contributed by atoms with Gasteiger partial charge in [-0.1, -0.05) is 0 Å². The Balaban J connectivity index is 2.37. The minimum atomic E-state index is -4.17. The molecule has 1 rings (SSSR count). The largest absolute Gasteiger partial charge is 0.441 e. The molecule has 3 nitrogen and oxygen atoms in total. The SMILES string of the molecule is CSc1c(N)nsc1NCCSC(F)(F)F. The van der Waals surface area contributed by atoms with Gasteiger partial charge in [0.25, 0.3) is 0 Å². The predicted molar refractivity (Wildman–Crippen MR) is 65.3 cm³/mol. The Bertz CT molecular complexity index is 339. The highest BCUT2D eigenvalue weighted by molar-refractivity contribution is 8.00. The molecule has 0 aliphatic rings. The zero-order valence-corrected chi connectivity index (χ0v) is 10.7. The zero-order chi connectivity index (χ0) is 12.2. The van der Waals surface area contributed by atoms with Gasteiger partial charge in [0.2, 0.25) is 0 Å². The van der Waals surface area contributed by atoms with Crippen LogP contribution in [0.3, 0.4) is 0 Å². The van der Waals surface area contributed by atoms with Crippen LogP contribution in [0.5, 0.6) is 0 Å². The summed E-state index contributed by atoms with van der Waals surface area (Å²) in [4.78, 5) is 0.794. The van der Waals surface area contributed by atoms with Crippen LogP contribution in [0.1, 0.15) is 0 Å². The topological polar surface area (TPSA) is 50.9 Å². The van der Waals surface area contributed by atoms with Crippen molar-refractivity contribution in [1.29, 1.82) is 0 Å². The van der Waals surface area contributed by atoms with Crippen molar-refractivity contribution >= 4 is 45.9 Å². The van der Waals surface area contributed by atoms with E-state index in [1.807, 2.05) is 6.26 Å². The summed E-state index contributed by atoms with van der Waals surface area (Å²) < 4.78 is 39.4. The maximum atomic E-state index is 11.8. The van der Waals surface area contributed by atoms with Crippen molar-refractivity contribution in [1.82, 2.24) is 4.37 Å². The Morgan fingerprint density at radius 2 is 2.19 bits per heavy atom. The molecule has 1 heterocycles. The molecular formula is C7H10F3N3S3. The third-order valence-corrected chi connectivity index (χ3v) is 4.04. The number of nitrogen functional groups attached to an aromatic ring is 1. The number of alkyl halides is 3. The van der Waals surface area contributed by atoms with E-state index in [0.29, 0.717) is 5.82 Å². The summed E-state index contributed by atoms with van der Waals surface area (Å²) in [6, 6.07) is 0. The number of nitrogens with two attached hydrogens (primary N) is 1. The van der Waals surface area contributed by atoms with E-state index in [1.165, 1.54) is 11.8 Å². The molecule has 1 aromatic rings. The van der Waals surface area contributed by atoms with E-state index >= 15 is 0 Å². The van der Waals surface area contributed by atoms with Crippen LogP contribution in [0.4, 0.5) is 24.0 Å². The van der Waals surface area contributed by atoms with Crippen LogP contribution in [-0.2, 0) is 0 Å². The van der Waals surface area contributed by atoms with Gasteiger partial charge < -0.3 is 11.1 Å². The first-order valence-corrected chi connectivity index (χ1v) is 7.16. The third-order valence-electron chi connectivity index (χ3n) is 1.53. The number of nitrogens with one attached hydrogen (secondary N) is 1. The number of nitrogens with zero attached hydrogens (tertiary/aromatic N) is 1.